The predicted octanol–water partition coefficient (Wildman–Crippen LogP) is 16.6. The molecule has 4 heterocycles. The van der Waals surface area contributed by atoms with Crippen molar-refractivity contribution in [3.63, 3.8) is 0 Å². The van der Waals surface area contributed by atoms with Gasteiger partial charge < -0.3 is 4.57 Å². The molecule has 0 bridgehead atoms. The normalized spacial score (nSPS) is 15.2. The van der Waals surface area contributed by atoms with Crippen LogP contribution in [-0.2, 0) is 53.1 Å². The molecule has 2 aliphatic rings. The van der Waals surface area contributed by atoms with Crippen LogP contribution in [0.25, 0.3) is 21.5 Å². The molecule has 8 rings (SSSR count). The molecule has 0 atom stereocenters. The molecule has 2 aromatic heterocycles. The van der Waals surface area contributed by atoms with Crippen molar-refractivity contribution < 1.29 is 0 Å². The van der Waals surface area contributed by atoms with Crippen LogP contribution >= 0.6 is 0 Å². The smallest absolute Gasteiger partial charge is 0.0952 e. The maximum absolute atomic E-state index is 4.62. The topological polar surface area (TPSA) is 37.2 Å². The SMILES string of the molecule is CC(C)(C)c1ccc2cccc(C(C)(C)C)c2c1.CC(C)(C)c1ccc2cncc(C(C)(C)C)c2c1.CC(C)(C)c1ncn2c1CN(C(C)(C)C)CC2.CC(C)c1cccc2c1CN(C(C)C)CC2. The van der Waals surface area contributed by atoms with Gasteiger partial charge in [0, 0.05) is 67.5 Å². The Morgan fingerprint density at radius 1 is 0.522 bits per heavy atom. The first-order valence-electron chi connectivity index (χ1n) is 26.2. The van der Waals surface area contributed by atoms with Crippen LogP contribution in [0.1, 0.15) is 209 Å². The lowest BCUT2D eigenvalue weighted by molar-refractivity contribution is 0.102. The minimum Gasteiger partial charge on any atom is -0.332 e. The lowest BCUT2D eigenvalue weighted by Crippen LogP contribution is -2.46. The molecule has 2 aliphatic heterocycles. The van der Waals surface area contributed by atoms with Gasteiger partial charge in [-0.25, -0.2) is 4.98 Å². The van der Waals surface area contributed by atoms with E-state index in [0.29, 0.717) is 12.0 Å². The molecule has 4 aromatic carbocycles. The number of hydrogen-bond acceptors (Lipinski definition) is 4. The summed E-state index contributed by atoms with van der Waals surface area (Å²) < 4.78 is 2.32. The van der Waals surface area contributed by atoms with Crippen molar-refractivity contribution in [2.24, 2.45) is 0 Å². The highest BCUT2D eigenvalue weighted by Crippen LogP contribution is 2.36. The van der Waals surface area contributed by atoms with Gasteiger partial charge in [0.15, 0.2) is 0 Å². The zero-order chi connectivity index (χ0) is 51.7. The number of aromatic nitrogens is 3. The van der Waals surface area contributed by atoms with E-state index in [1.54, 1.807) is 16.7 Å². The Morgan fingerprint density at radius 3 is 1.61 bits per heavy atom. The molecule has 5 heteroatoms. The van der Waals surface area contributed by atoms with Gasteiger partial charge in [-0.3, -0.25) is 14.8 Å². The lowest BCUT2D eigenvalue weighted by Gasteiger charge is -2.39. The van der Waals surface area contributed by atoms with Crippen molar-refractivity contribution in [1.29, 1.82) is 0 Å². The van der Waals surface area contributed by atoms with Crippen LogP contribution in [-0.4, -0.2) is 49.0 Å². The summed E-state index contributed by atoms with van der Waals surface area (Å²) in [5.41, 5.74) is 14.0. The van der Waals surface area contributed by atoms with Crippen LogP contribution in [0, 0.1) is 0 Å². The van der Waals surface area contributed by atoms with Crippen molar-refractivity contribution in [3.8, 4) is 0 Å². The number of fused-ring (bicyclic) bond motifs is 4. The van der Waals surface area contributed by atoms with Gasteiger partial charge in [-0.15, -0.1) is 0 Å². The number of rotatable bonds is 2. The van der Waals surface area contributed by atoms with Gasteiger partial charge in [0.2, 0.25) is 0 Å². The average molecular weight is 934 g/mol. The second kappa shape index (κ2) is 21.2. The van der Waals surface area contributed by atoms with E-state index in [1.165, 1.54) is 68.2 Å². The Labute approximate surface area is 421 Å². The van der Waals surface area contributed by atoms with E-state index in [-0.39, 0.29) is 32.6 Å². The standard InChI is InChI=1S/C18H24.C17H23N.C15H23N.C14H25N3/c1-17(2,3)14-11-10-13-8-7-9-16(15(13)12-14)18(4,5)6;1-16(2,3)13-8-7-12-10-18-11-15(14(12)9-13)17(4,5)6;1-11(2)14-7-5-6-13-8-9-16(12(3)4)10-15(13)14;1-13(2,3)12-11-9-17(14(4,5)6)8-7-16(11)10-15-12/h7-12H,1-6H3;7-11H,1-6H3;5-7,11-12H,8-10H2,1-4H3;10H,7-9H2,1-6H3. The highest BCUT2D eigenvalue weighted by atomic mass is 15.3. The maximum Gasteiger partial charge on any atom is 0.0952 e. The van der Waals surface area contributed by atoms with Crippen LogP contribution < -0.4 is 0 Å². The third kappa shape index (κ3) is 14.2. The van der Waals surface area contributed by atoms with Gasteiger partial charge in [0.1, 0.15) is 0 Å². The number of pyridine rings is 1. The molecular weight excluding hydrogens is 839 g/mol. The predicted molar refractivity (Wildman–Crippen MR) is 301 cm³/mol. The van der Waals surface area contributed by atoms with Gasteiger partial charge in [0.05, 0.1) is 17.7 Å². The van der Waals surface area contributed by atoms with Crippen molar-refractivity contribution in [2.45, 2.75) is 223 Å². The molecule has 6 aromatic rings. The van der Waals surface area contributed by atoms with Crippen molar-refractivity contribution in [2.75, 3.05) is 13.1 Å². The molecule has 0 spiro atoms. The number of imidazole rings is 1. The summed E-state index contributed by atoms with van der Waals surface area (Å²) in [6, 6.07) is 27.7. The Balaban J connectivity index is 0.000000172. The monoisotopic (exact) mass is 934 g/mol. The summed E-state index contributed by atoms with van der Waals surface area (Å²) in [5, 5.41) is 5.31. The van der Waals surface area contributed by atoms with Crippen molar-refractivity contribution >= 4 is 21.5 Å². The molecule has 0 N–H and O–H groups in total. The summed E-state index contributed by atoms with van der Waals surface area (Å²) in [5.74, 6) is 0.641. The summed E-state index contributed by atoms with van der Waals surface area (Å²) >= 11 is 0. The minimum absolute atomic E-state index is 0.128. The number of benzene rings is 4. The van der Waals surface area contributed by atoms with Crippen LogP contribution in [0.15, 0.2) is 91.5 Å². The Hall–Kier alpha value is -4.32. The van der Waals surface area contributed by atoms with E-state index in [9.17, 15) is 0 Å². The fourth-order valence-corrected chi connectivity index (χ4v) is 9.68. The molecule has 0 saturated carbocycles. The minimum atomic E-state index is 0.128. The summed E-state index contributed by atoms with van der Waals surface area (Å²) in [6.45, 7) is 55.5. The Morgan fingerprint density at radius 2 is 1.09 bits per heavy atom. The third-order valence-electron chi connectivity index (χ3n) is 14.2. The van der Waals surface area contributed by atoms with Gasteiger partial charge >= 0.3 is 0 Å². The van der Waals surface area contributed by atoms with Crippen LogP contribution in [0.2, 0.25) is 0 Å². The molecule has 0 unspecified atom stereocenters. The van der Waals surface area contributed by atoms with E-state index in [4.69, 9.17) is 0 Å². The summed E-state index contributed by atoms with van der Waals surface area (Å²) in [4.78, 5) is 14.1. The Bertz CT molecular complexity index is 2530. The van der Waals surface area contributed by atoms with Crippen LogP contribution in [0.4, 0.5) is 0 Å². The van der Waals surface area contributed by atoms with Gasteiger partial charge in [0.25, 0.3) is 0 Å². The second-order valence-electron chi connectivity index (χ2n) is 26.9. The molecule has 69 heavy (non-hydrogen) atoms. The first-order valence-corrected chi connectivity index (χ1v) is 26.2. The van der Waals surface area contributed by atoms with Crippen LogP contribution in [0.3, 0.4) is 0 Å². The molecule has 0 aliphatic carbocycles. The zero-order valence-electron chi connectivity index (χ0n) is 47.8. The maximum atomic E-state index is 4.62. The van der Waals surface area contributed by atoms with E-state index in [1.807, 2.05) is 18.7 Å². The van der Waals surface area contributed by atoms with E-state index in [0.717, 1.165) is 26.2 Å². The average Bonchev–Trinajstić information content (AvgIpc) is 3.69. The fourth-order valence-electron chi connectivity index (χ4n) is 9.68. The quantitative estimate of drug-likeness (QED) is 0.173. The molecule has 0 fully saturated rings. The lowest BCUT2D eigenvalue weighted by atomic mass is 9.80. The van der Waals surface area contributed by atoms with E-state index < -0.39 is 0 Å². The molecule has 376 valence electrons. The first-order chi connectivity index (χ1) is 31.7. The highest BCUT2D eigenvalue weighted by Gasteiger charge is 2.31. The molecular formula is C64H95N5. The third-order valence-corrected chi connectivity index (χ3v) is 14.2. The van der Waals surface area contributed by atoms with Gasteiger partial charge in [-0.2, -0.15) is 0 Å². The zero-order valence-corrected chi connectivity index (χ0v) is 47.8. The van der Waals surface area contributed by atoms with Crippen molar-refractivity contribution in [1.82, 2.24) is 24.3 Å². The highest BCUT2D eigenvalue weighted by molar-refractivity contribution is 5.88. The van der Waals surface area contributed by atoms with E-state index in [2.05, 4.69) is 249 Å². The van der Waals surface area contributed by atoms with E-state index >= 15 is 0 Å². The number of nitrogens with zero attached hydrogens (tertiary/aromatic N) is 5. The van der Waals surface area contributed by atoms with Crippen LogP contribution in [0.5, 0.6) is 0 Å². The number of hydrogen-bond donors (Lipinski definition) is 0. The molecule has 0 saturated heterocycles. The molecule has 0 amide bonds. The van der Waals surface area contributed by atoms with Gasteiger partial charge in [-0.05, 0) is 124 Å². The molecule has 5 nitrogen and oxygen atoms in total. The second-order valence-corrected chi connectivity index (χ2v) is 26.9. The fraction of sp³-hybridized carbons (Fsp3) is 0.562. The summed E-state index contributed by atoms with van der Waals surface area (Å²) in [6.07, 6.45) is 7.19. The summed E-state index contributed by atoms with van der Waals surface area (Å²) in [7, 11) is 0. The molecule has 0 radical (unpaired) electrons. The van der Waals surface area contributed by atoms with Gasteiger partial charge in [-0.1, -0.05) is 190 Å². The Kier molecular flexibility index (Phi) is 17.1. The largest absolute Gasteiger partial charge is 0.332 e. The first kappa shape index (κ1) is 55.6. The van der Waals surface area contributed by atoms with Crippen molar-refractivity contribution in [3.05, 3.63) is 142 Å².